The summed E-state index contributed by atoms with van der Waals surface area (Å²) in [5.41, 5.74) is -0.763. The van der Waals surface area contributed by atoms with Crippen molar-refractivity contribution in [2.45, 2.75) is 11.8 Å². The molecule has 162 valence electrons. The van der Waals surface area contributed by atoms with Crippen LogP contribution >= 0.6 is 0 Å². The van der Waals surface area contributed by atoms with Gasteiger partial charge in [-0.3, -0.25) is 14.8 Å². The minimum atomic E-state index is -4.37. The number of anilines is 2. The molecule has 0 heterocycles. The van der Waals surface area contributed by atoms with Gasteiger partial charge in [-0.05, 0) is 31.2 Å². The number of sulfonamides is 1. The molecule has 0 saturated heterocycles. The Morgan fingerprint density at radius 3 is 2.52 bits per heavy atom. The van der Waals surface area contributed by atoms with Gasteiger partial charge in [0.25, 0.3) is 15.7 Å². The van der Waals surface area contributed by atoms with Crippen molar-refractivity contribution in [3.63, 3.8) is 0 Å². The fourth-order valence-electron chi connectivity index (χ4n) is 2.39. The maximum absolute atomic E-state index is 12.8. The number of nitrogens with one attached hydrogen (secondary N) is 2. The molecule has 31 heavy (non-hydrogen) atoms. The van der Waals surface area contributed by atoms with Gasteiger partial charge >= 0.3 is 5.97 Å². The van der Waals surface area contributed by atoms with E-state index in [9.17, 15) is 23.3 Å². The summed E-state index contributed by atoms with van der Waals surface area (Å²) in [4.78, 5) is 21.7. The average Bonchev–Trinajstić information content (AvgIpc) is 2.74. The number of benzene rings is 2. The van der Waals surface area contributed by atoms with Gasteiger partial charge in [-0.1, -0.05) is 12.1 Å². The molecule has 0 bridgehead atoms. The third kappa shape index (κ3) is 5.71. The first kappa shape index (κ1) is 23.2. The van der Waals surface area contributed by atoms with Crippen LogP contribution in [0, 0.1) is 21.4 Å². The Bertz CT molecular complexity index is 1170. The minimum absolute atomic E-state index is 0.0324. The summed E-state index contributed by atoms with van der Waals surface area (Å²) < 4.78 is 37.6. The molecule has 0 radical (unpaired) electrons. The molecule has 12 heteroatoms. The van der Waals surface area contributed by atoms with Crippen LogP contribution in [0.25, 0.3) is 0 Å². The first-order chi connectivity index (χ1) is 14.7. The highest BCUT2D eigenvalue weighted by atomic mass is 32.2. The molecule has 0 atom stereocenters. The van der Waals surface area contributed by atoms with Gasteiger partial charge in [0.15, 0.2) is 10.5 Å². The molecule has 0 amide bonds. The quantitative estimate of drug-likeness (QED) is 0.194. The molecular weight excluding hydrogens is 428 g/mol. The zero-order valence-corrected chi connectivity index (χ0v) is 17.3. The lowest BCUT2D eigenvalue weighted by Gasteiger charge is -2.13. The Labute approximate surface area is 178 Å². The van der Waals surface area contributed by atoms with Crippen molar-refractivity contribution < 1.29 is 27.6 Å². The van der Waals surface area contributed by atoms with E-state index in [0.717, 1.165) is 18.3 Å². The van der Waals surface area contributed by atoms with Gasteiger partial charge in [-0.15, -0.1) is 0 Å². The number of nitro benzene ring substituents is 1. The highest BCUT2D eigenvalue weighted by Gasteiger charge is 2.27. The highest BCUT2D eigenvalue weighted by molar-refractivity contribution is 7.92. The van der Waals surface area contributed by atoms with Crippen molar-refractivity contribution in [2.24, 2.45) is 0 Å². The fourth-order valence-corrected chi connectivity index (χ4v) is 3.62. The summed E-state index contributed by atoms with van der Waals surface area (Å²) >= 11 is 0. The van der Waals surface area contributed by atoms with Gasteiger partial charge in [0.05, 0.1) is 36.1 Å². The van der Waals surface area contributed by atoms with Crippen molar-refractivity contribution in [1.82, 2.24) is 0 Å². The second-order valence-electron chi connectivity index (χ2n) is 5.78. The Morgan fingerprint density at radius 2 is 1.94 bits per heavy atom. The summed E-state index contributed by atoms with van der Waals surface area (Å²) in [5, 5.41) is 23.1. The molecule has 2 N–H and O–H groups in total. The molecule has 0 saturated carbocycles. The number of nitriles is 1. The van der Waals surface area contributed by atoms with Crippen LogP contribution < -0.4 is 14.8 Å². The third-order valence-corrected chi connectivity index (χ3v) is 5.22. The van der Waals surface area contributed by atoms with E-state index in [4.69, 9.17) is 14.7 Å². The molecule has 11 nitrogen and oxygen atoms in total. The van der Waals surface area contributed by atoms with Crippen LogP contribution in [-0.4, -0.2) is 33.0 Å². The number of para-hydroxylation sites is 2. The molecule has 0 fully saturated rings. The van der Waals surface area contributed by atoms with E-state index >= 15 is 0 Å². The standard InChI is InChI=1S/C19H18N4O7S/c1-3-30-19(24)13(11-20)12-21-15-6-4-5-7-16(15)22-31(27,28)18-9-8-14(29-2)10-17(18)23(25)26/h4-10,12,21-22H,3H2,1-2H3/b13-12+. The Kier molecular flexibility index (Phi) is 7.53. The van der Waals surface area contributed by atoms with Crippen LogP contribution in [-0.2, 0) is 19.6 Å². The number of nitro groups is 1. The predicted octanol–water partition coefficient (Wildman–Crippen LogP) is 2.79. The fraction of sp³-hybridized carbons (Fsp3) is 0.158. The monoisotopic (exact) mass is 446 g/mol. The van der Waals surface area contributed by atoms with Gasteiger partial charge in [0.2, 0.25) is 0 Å². The predicted molar refractivity (Wildman–Crippen MR) is 111 cm³/mol. The van der Waals surface area contributed by atoms with E-state index in [1.165, 1.54) is 31.4 Å². The third-order valence-electron chi connectivity index (χ3n) is 3.81. The summed E-state index contributed by atoms with van der Waals surface area (Å²) in [5.74, 6) is -0.717. The lowest BCUT2D eigenvalue weighted by atomic mass is 10.2. The van der Waals surface area contributed by atoms with E-state index in [0.29, 0.717) is 0 Å². The summed E-state index contributed by atoms with van der Waals surface area (Å²) in [6, 6.07) is 11.0. The number of ether oxygens (including phenoxy) is 2. The lowest BCUT2D eigenvalue weighted by Crippen LogP contribution is -2.16. The number of hydrogen-bond acceptors (Lipinski definition) is 9. The molecule has 2 aromatic carbocycles. The topological polar surface area (TPSA) is 161 Å². The number of carbonyl (C=O) groups excluding carboxylic acids is 1. The largest absolute Gasteiger partial charge is 0.497 e. The molecule has 0 aromatic heterocycles. The van der Waals surface area contributed by atoms with Crippen molar-refractivity contribution in [2.75, 3.05) is 23.8 Å². The first-order valence-electron chi connectivity index (χ1n) is 8.71. The normalized spacial score (nSPS) is 11.2. The Balaban J connectivity index is 2.39. The van der Waals surface area contributed by atoms with Crippen LogP contribution in [0.1, 0.15) is 6.92 Å². The zero-order valence-electron chi connectivity index (χ0n) is 16.5. The lowest BCUT2D eigenvalue weighted by molar-refractivity contribution is -0.387. The van der Waals surface area contributed by atoms with Crippen molar-refractivity contribution in [1.29, 1.82) is 5.26 Å². The van der Waals surface area contributed by atoms with E-state index in [-0.39, 0.29) is 29.3 Å². The van der Waals surface area contributed by atoms with Crippen LogP contribution in [0.3, 0.4) is 0 Å². The Hall–Kier alpha value is -4.11. The molecular formula is C19H18N4O7S. The number of hydrogen-bond donors (Lipinski definition) is 2. The molecule has 0 aliphatic carbocycles. The number of esters is 1. The number of rotatable bonds is 9. The smallest absolute Gasteiger partial charge is 0.350 e. The SMILES string of the molecule is CCOC(=O)/C(C#N)=C/Nc1ccccc1NS(=O)(=O)c1ccc(OC)cc1[N+](=O)[O-]. The molecule has 0 aliphatic rings. The zero-order chi connectivity index (χ0) is 23.0. The van der Waals surface area contributed by atoms with Gasteiger partial charge in [0.1, 0.15) is 11.8 Å². The van der Waals surface area contributed by atoms with Crippen LogP contribution in [0.4, 0.5) is 17.1 Å². The van der Waals surface area contributed by atoms with Gasteiger partial charge in [-0.25, -0.2) is 13.2 Å². The van der Waals surface area contributed by atoms with E-state index in [2.05, 4.69) is 10.0 Å². The number of nitrogens with zero attached hydrogens (tertiary/aromatic N) is 2. The summed E-state index contributed by atoms with van der Waals surface area (Å²) in [6.45, 7) is 1.66. The van der Waals surface area contributed by atoms with Gasteiger partial charge in [-0.2, -0.15) is 5.26 Å². The van der Waals surface area contributed by atoms with Crippen molar-refractivity contribution in [3.8, 4) is 11.8 Å². The second kappa shape index (κ2) is 10.1. The van der Waals surface area contributed by atoms with Crippen molar-refractivity contribution in [3.05, 3.63) is 64.4 Å². The highest BCUT2D eigenvalue weighted by Crippen LogP contribution is 2.31. The maximum Gasteiger partial charge on any atom is 0.350 e. The van der Waals surface area contributed by atoms with Gasteiger partial charge in [0, 0.05) is 6.20 Å². The van der Waals surface area contributed by atoms with E-state index in [1.807, 2.05) is 0 Å². The van der Waals surface area contributed by atoms with Crippen LogP contribution in [0.2, 0.25) is 0 Å². The summed E-state index contributed by atoms with van der Waals surface area (Å²) in [6.07, 6.45) is 1.07. The molecule has 0 unspecified atom stereocenters. The van der Waals surface area contributed by atoms with E-state index in [1.54, 1.807) is 19.1 Å². The molecule has 0 aliphatic heterocycles. The second-order valence-corrected chi connectivity index (χ2v) is 7.43. The van der Waals surface area contributed by atoms with E-state index < -0.39 is 31.5 Å². The van der Waals surface area contributed by atoms with Crippen LogP contribution in [0.15, 0.2) is 59.1 Å². The summed E-state index contributed by atoms with van der Waals surface area (Å²) in [7, 11) is -3.07. The van der Waals surface area contributed by atoms with Gasteiger partial charge < -0.3 is 14.8 Å². The first-order valence-corrected chi connectivity index (χ1v) is 10.2. The maximum atomic E-state index is 12.8. The number of carbonyl (C=O) groups is 1. The minimum Gasteiger partial charge on any atom is -0.497 e. The molecule has 2 rings (SSSR count). The Morgan fingerprint density at radius 1 is 1.26 bits per heavy atom. The number of methoxy groups -OCH3 is 1. The average molecular weight is 446 g/mol. The van der Waals surface area contributed by atoms with Crippen molar-refractivity contribution >= 4 is 33.1 Å². The molecule has 2 aromatic rings. The van der Waals surface area contributed by atoms with Crippen LogP contribution in [0.5, 0.6) is 5.75 Å². The molecule has 0 spiro atoms.